The first-order valence-electron chi connectivity index (χ1n) is 13.6. The van der Waals surface area contributed by atoms with Gasteiger partial charge in [0, 0.05) is 39.5 Å². The van der Waals surface area contributed by atoms with Crippen molar-refractivity contribution in [2.45, 2.75) is 85.5 Å². The van der Waals surface area contributed by atoms with Gasteiger partial charge in [0.1, 0.15) is 17.7 Å². The first-order chi connectivity index (χ1) is 16.6. The number of fused-ring (bicyclic) bond motifs is 2. The van der Waals surface area contributed by atoms with E-state index in [1.54, 1.807) is 0 Å². The zero-order chi connectivity index (χ0) is 24.6. The number of aryl methyl sites for hydroxylation is 1. The number of hydrogen-bond donors (Lipinski definition) is 2. The summed E-state index contributed by atoms with van der Waals surface area (Å²) in [5.41, 5.74) is 1.55. The molecular formula is C28H48N4O2. The average molecular weight is 473 g/mol. The minimum Gasteiger partial charge on any atom is -0.381 e. The third-order valence-electron chi connectivity index (χ3n) is 7.13. The van der Waals surface area contributed by atoms with E-state index in [1.807, 2.05) is 13.0 Å². The van der Waals surface area contributed by atoms with Gasteiger partial charge in [0.05, 0.1) is 5.56 Å². The molecule has 0 radical (unpaired) electrons. The first kappa shape index (κ1) is 28.4. The largest absolute Gasteiger partial charge is 0.381 e. The zero-order valence-electron chi connectivity index (χ0n) is 22.1. The number of nitriles is 1. The fourth-order valence-electron chi connectivity index (χ4n) is 4.66. The molecule has 0 spiro atoms. The zero-order valence-corrected chi connectivity index (χ0v) is 22.1. The van der Waals surface area contributed by atoms with Crippen molar-refractivity contribution < 1.29 is 9.47 Å². The van der Waals surface area contributed by atoms with Gasteiger partial charge in [0.2, 0.25) is 0 Å². The second kappa shape index (κ2) is 16.7. The highest BCUT2D eigenvalue weighted by Gasteiger charge is 2.18. The van der Waals surface area contributed by atoms with Crippen LogP contribution in [-0.2, 0) is 9.47 Å². The fraction of sp³-hybridized carbons (Fsp3) is 0.786. The minimum absolute atomic E-state index is 0.618. The van der Waals surface area contributed by atoms with Crippen molar-refractivity contribution in [2.24, 2.45) is 17.8 Å². The van der Waals surface area contributed by atoms with E-state index in [1.165, 1.54) is 44.9 Å². The average Bonchev–Trinajstić information content (AvgIpc) is 2.83. The van der Waals surface area contributed by atoms with Crippen molar-refractivity contribution in [3.05, 3.63) is 17.2 Å². The number of unbranched alkanes of at least 4 members (excludes halogenated alkanes) is 1. The summed E-state index contributed by atoms with van der Waals surface area (Å²) in [6, 6.07) is 4.25. The standard InChI is InChI=1S/C28H48N4O2/c1-5-7-13-25-21-34-17-10-15-31-28-26(19-29)23(4)18-27(32-28)30-14-9-16-33-20-24(6-2)12-8-11-22(25)3/h18,22,24-25H,5-17,20-21H2,1-4H3,(H2,30,31,32). The van der Waals surface area contributed by atoms with Crippen LogP contribution in [-0.4, -0.2) is 44.5 Å². The molecule has 0 saturated heterocycles. The predicted molar refractivity (Wildman–Crippen MR) is 141 cm³/mol. The van der Waals surface area contributed by atoms with Crippen molar-refractivity contribution in [3.63, 3.8) is 0 Å². The summed E-state index contributed by atoms with van der Waals surface area (Å²) in [4.78, 5) is 4.66. The van der Waals surface area contributed by atoms with E-state index >= 15 is 0 Å². The molecule has 0 aliphatic carbocycles. The van der Waals surface area contributed by atoms with E-state index in [0.29, 0.717) is 29.1 Å². The van der Waals surface area contributed by atoms with E-state index in [2.05, 4.69) is 42.5 Å². The summed E-state index contributed by atoms with van der Waals surface area (Å²) < 4.78 is 12.1. The molecule has 3 atom stereocenters. The van der Waals surface area contributed by atoms with E-state index in [0.717, 1.165) is 63.7 Å². The lowest BCUT2D eigenvalue weighted by Gasteiger charge is -2.25. The molecule has 2 N–H and O–H groups in total. The van der Waals surface area contributed by atoms with Crippen LogP contribution in [0.15, 0.2) is 6.07 Å². The van der Waals surface area contributed by atoms with Crippen LogP contribution in [0, 0.1) is 36.0 Å². The molecule has 2 bridgehead atoms. The molecule has 1 aromatic rings. The monoisotopic (exact) mass is 472 g/mol. The first-order valence-corrected chi connectivity index (χ1v) is 13.6. The Morgan fingerprint density at radius 2 is 1.79 bits per heavy atom. The summed E-state index contributed by atoms with van der Waals surface area (Å²) in [6.07, 6.45) is 10.6. The van der Waals surface area contributed by atoms with E-state index in [-0.39, 0.29) is 0 Å². The predicted octanol–water partition coefficient (Wildman–Crippen LogP) is 6.55. The van der Waals surface area contributed by atoms with Gasteiger partial charge in [-0.15, -0.1) is 0 Å². The van der Waals surface area contributed by atoms with Crippen LogP contribution in [0.4, 0.5) is 11.6 Å². The molecule has 1 aliphatic heterocycles. The van der Waals surface area contributed by atoms with Crippen molar-refractivity contribution in [3.8, 4) is 6.07 Å². The van der Waals surface area contributed by atoms with Gasteiger partial charge < -0.3 is 20.1 Å². The third-order valence-corrected chi connectivity index (χ3v) is 7.13. The number of anilines is 2. The van der Waals surface area contributed by atoms with Crippen LogP contribution < -0.4 is 10.6 Å². The Morgan fingerprint density at radius 1 is 1.06 bits per heavy atom. The lowest BCUT2D eigenvalue weighted by Crippen LogP contribution is -2.20. The summed E-state index contributed by atoms with van der Waals surface area (Å²) in [7, 11) is 0. The van der Waals surface area contributed by atoms with E-state index in [9.17, 15) is 5.26 Å². The molecule has 0 aromatic carbocycles. The number of pyridine rings is 1. The lowest BCUT2D eigenvalue weighted by atomic mass is 9.85. The molecule has 2 heterocycles. The molecule has 2 rings (SSSR count). The highest BCUT2D eigenvalue weighted by Crippen LogP contribution is 2.26. The second-order valence-electron chi connectivity index (χ2n) is 9.96. The maximum absolute atomic E-state index is 9.59. The quantitative estimate of drug-likeness (QED) is 0.517. The van der Waals surface area contributed by atoms with Crippen LogP contribution in [0.1, 0.15) is 89.7 Å². The molecule has 6 heteroatoms. The van der Waals surface area contributed by atoms with Gasteiger partial charge in [0.15, 0.2) is 0 Å². The van der Waals surface area contributed by atoms with Crippen molar-refractivity contribution in [1.82, 2.24) is 4.98 Å². The van der Waals surface area contributed by atoms with Gasteiger partial charge in [-0.05, 0) is 62.0 Å². The second-order valence-corrected chi connectivity index (χ2v) is 9.96. The Hall–Kier alpha value is -1.84. The fourth-order valence-corrected chi connectivity index (χ4v) is 4.66. The Morgan fingerprint density at radius 3 is 2.50 bits per heavy atom. The molecule has 1 aromatic heterocycles. The van der Waals surface area contributed by atoms with Crippen molar-refractivity contribution in [2.75, 3.05) is 50.2 Å². The maximum atomic E-state index is 9.59. The summed E-state index contributed by atoms with van der Waals surface area (Å²) in [5.74, 6) is 3.44. The number of nitrogens with zero attached hydrogens (tertiary/aromatic N) is 2. The topological polar surface area (TPSA) is 79.2 Å². The lowest BCUT2D eigenvalue weighted by molar-refractivity contribution is 0.0702. The van der Waals surface area contributed by atoms with Crippen LogP contribution in [0.25, 0.3) is 0 Å². The molecule has 192 valence electrons. The Balaban J connectivity index is 2.02. The maximum Gasteiger partial charge on any atom is 0.146 e. The summed E-state index contributed by atoms with van der Waals surface area (Å²) in [5, 5.41) is 16.3. The molecule has 34 heavy (non-hydrogen) atoms. The highest BCUT2D eigenvalue weighted by atomic mass is 16.5. The van der Waals surface area contributed by atoms with Gasteiger partial charge in [-0.2, -0.15) is 5.26 Å². The SMILES string of the molecule is CCCCC1COCCCNc2nc(cc(C)c2C#N)NCCCOCC(CC)CCCC1C. The highest BCUT2D eigenvalue weighted by molar-refractivity contribution is 5.60. The van der Waals surface area contributed by atoms with Gasteiger partial charge in [-0.3, -0.25) is 0 Å². The molecule has 6 nitrogen and oxygen atoms in total. The molecule has 0 fully saturated rings. The number of nitrogens with one attached hydrogen (secondary N) is 2. The van der Waals surface area contributed by atoms with Crippen LogP contribution >= 0.6 is 0 Å². The normalized spacial score (nSPS) is 24.1. The molecular weight excluding hydrogens is 424 g/mol. The van der Waals surface area contributed by atoms with Crippen molar-refractivity contribution in [1.29, 1.82) is 5.26 Å². The van der Waals surface area contributed by atoms with Crippen molar-refractivity contribution >= 4 is 11.6 Å². The van der Waals surface area contributed by atoms with Crippen LogP contribution in [0.5, 0.6) is 0 Å². The molecule has 1 aliphatic rings. The number of ether oxygens (including phenoxy) is 2. The summed E-state index contributed by atoms with van der Waals surface area (Å²) >= 11 is 0. The summed E-state index contributed by atoms with van der Waals surface area (Å²) in [6.45, 7) is 13.7. The Bertz CT molecular complexity index is 734. The smallest absolute Gasteiger partial charge is 0.146 e. The molecule has 3 unspecified atom stereocenters. The van der Waals surface area contributed by atoms with Crippen LogP contribution in [0.3, 0.4) is 0 Å². The van der Waals surface area contributed by atoms with Gasteiger partial charge in [-0.1, -0.05) is 52.9 Å². The Labute approximate surface area is 208 Å². The minimum atomic E-state index is 0.618. The number of hydrogen-bond acceptors (Lipinski definition) is 6. The third kappa shape index (κ3) is 10.2. The van der Waals surface area contributed by atoms with Gasteiger partial charge >= 0.3 is 0 Å². The molecule has 0 amide bonds. The van der Waals surface area contributed by atoms with Gasteiger partial charge in [-0.25, -0.2) is 4.98 Å². The molecule has 0 saturated carbocycles. The van der Waals surface area contributed by atoms with E-state index < -0.39 is 0 Å². The number of rotatable bonds is 4. The Kier molecular flexibility index (Phi) is 14.0. The van der Waals surface area contributed by atoms with Gasteiger partial charge in [0.25, 0.3) is 0 Å². The van der Waals surface area contributed by atoms with Crippen LogP contribution in [0.2, 0.25) is 0 Å². The number of aromatic nitrogens is 1. The van der Waals surface area contributed by atoms with E-state index in [4.69, 9.17) is 9.47 Å².